The number of carbonyl (C=O) groups is 1. The Hall–Kier alpha value is -3.60. The molecule has 0 bridgehead atoms. The van der Waals surface area contributed by atoms with Crippen LogP contribution < -0.4 is 10.1 Å². The van der Waals surface area contributed by atoms with Crippen LogP contribution in [0.15, 0.2) is 66.7 Å². The molecule has 5 heteroatoms. The summed E-state index contributed by atoms with van der Waals surface area (Å²) in [5, 5.41) is 3.65. The van der Waals surface area contributed by atoms with Gasteiger partial charge < -0.3 is 15.0 Å². The second-order valence-corrected chi connectivity index (χ2v) is 7.16. The Bertz CT molecular complexity index is 1200. The van der Waals surface area contributed by atoms with Gasteiger partial charge in [-0.1, -0.05) is 30.3 Å². The summed E-state index contributed by atoms with van der Waals surface area (Å²) in [6.07, 6.45) is 0.686. The first-order chi connectivity index (χ1) is 14.2. The number of nitrogens with one attached hydrogen (secondary N) is 2. The molecule has 1 aliphatic rings. The highest BCUT2D eigenvalue weighted by Crippen LogP contribution is 2.35. The number of ether oxygens (including phenoxy) is 1. The summed E-state index contributed by atoms with van der Waals surface area (Å²) < 4.78 is 19.9. The number of aromatic nitrogens is 1. The third kappa shape index (κ3) is 3.25. The van der Waals surface area contributed by atoms with E-state index in [4.69, 9.17) is 4.74 Å². The zero-order chi connectivity index (χ0) is 19.8. The molecule has 3 aromatic carbocycles. The predicted octanol–water partition coefficient (Wildman–Crippen LogP) is 4.84. The van der Waals surface area contributed by atoms with Crippen molar-refractivity contribution in [3.63, 3.8) is 0 Å². The number of benzene rings is 3. The van der Waals surface area contributed by atoms with Crippen molar-refractivity contribution in [1.29, 1.82) is 0 Å². The minimum absolute atomic E-state index is 0.233. The van der Waals surface area contributed by atoms with E-state index in [2.05, 4.69) is 10.3 Å². The second-order valence-electron chi connectivity index (χ2n) is 7.16. The van der Waals surface area contributed by atoms with Crippen LogP contribution in [0.3, 0.4) is 0 Å². The van der Waals surface area contributed by atoms with Gasteiger partial charge in [-0.15, -0.1) is 0 Å². The lowest BCUT2D eigenvalue weighted by Gasteiger charge is -2.08. The van der Waals surface area contributed by atoms with E-state index in [0.29, 0.717) is 30.7 Å². The summed E-state index contributed by atoms with van der Waals surface area (Å²) in [6, 6.07) is 20.6. The van der Waals surface area contributed by atoms with E-state index in [-0.39, 0.29) is 5.91 Å². The van der Waals surface area contributed by atoms with Crippen molar-refractivity contribution >= 4 is 16.8 Å². The predicted molar refractivity (Wildman–Crippen MR) is 111 cm³/mol. The first-order valence-corrected chi connectivity index (χ1v) is 9.58. The minimum Gasteiger partial charge on any atom is -0.489 e. The van der Waals surface area contributed by atoms with Gasteiger partial charge in [0.2, 0.25) is 0 Å². The molecule has 0 aliphatic carbocycles. The highest BCUT2D eigenvalue weighted by Gasteiger charge is 2.23. The Morgan fingerprint density at radius 1 is 1.00 bits per heavy atom. The van der Waals surface area contributed by atoms with E-state index >= 15 is 0 Å². The second kappa shape index (κ2) is 7.09. The quantitative estimate of drug-likeness (QED) is 0.527. The molecule has 2 N–H and O–H groups in total. The average Bonchev–Trinajstić information content (AvgIpc) is 3.02. The smallest absolute Gasteiger partial charge is 0.252 e. The van der Waals surface area contributed by atoms with Gasteiger partial charge in [-0.05, 0) is 59.5 Å². The summed E-state index contributed by atoms with van der Waals surface area (Å²) in [6.45, 7) is 1.03. The molecule has 0 saturated heterocycles. The number of hydrogen-bond donors (Lipinski definition) is 2. The van der Waals surface area contributed by atoms with Crippen molar-refractivity contribution in [2.75, 3.05) is 6.54 Å². The summed E-state index contributed by atoms with van der Waals surface area (Å²) in [5.74, 6) is 0.125. The van der Waals surface area contributed by atoms with Crippen molar-refractivity contribution in [3.05, 3.63) is 89.2 Å². The molecule has 1 amide bonds. The molecular weight excluding hydrogens is 367 g/mol. The Balaban J connectivity index is 1.48. The summed E-state index contributed by atoms with van der Waals surface area (Å²) in [4.78, 5) is 15.6. The lowest BCUT2D eigenvalue weighted by atomic mass is 10.0. The normalized spacial score (nSPS) is 13.2. The summed E-state index contributed by atoms with van der Waals surface area (Å²) in [5.41, 5.74) is 5.07. The van der Waals surface area contributed by atoms with Gasteiger partial charge in [-0.3, -0.25) is 4.79 Å². The molecule has 4 nitrogen and oxygen atoms in total. The SMILES string of the molecule is O=C1NCCc2c(-c3ccc(OCc4ccccc4)cc3)[nH]c3cc(F)cc1c23. The number of hydrogen-bond acceptors (Lipinski definition) is 2. The highest BCUT2D eigenvalue weighted by atomic mass is 19.1. The van der Waals surface area contributed by atoms with Crippen LogP contribution in [0.1, 0.15) is 21.5 Å². The molecule has 144 valence electrons. The standard InChI is InChI=1S/C24H19FN2O2/c25-17-12-20-22-19(10-11-26-24(20)28)23(27-21(22)13-17)16-6-8-18(9-7-16)29-14-15-4-2-1-3-5-15/h1-9,12-13,27H,10-11,14H2,(H,26,28). The van der Waals surface area contributed by atoms with Crippen molar-refractivity contribution in [1.82, 2.24) is 10.3 Å². The summed E-state index contributed by atoms with van der Waals surface area (Å²) in [7, 11) is 0. The zero-order valence-corrected chi connectivity index (χ0v) is 15.7. The maximum Gasteiger partial charge on any atom is 0.252 e. The molecule has 0 unspecified atom stereocenters. The van der Waals surface area contributed by atoms with Crippen LogP contribution in [0, 0.1) is 5.82 Å². The molecular formula is C24H19FN2O2. The fourth-order valence-electron chi connectivity index (χ4n) is 3.90. The number of halogens is 1. The molecule has 4 aromatic rings. The van der Waals surface area contributed by atoms with Crippen molar-refractivity contribution in [2.45, 2.75) is 13.0 Å². The van der Waals surface area contributed by atoms with Gasteiger partial charge in [0, 0.05) is 23.1 Å². The fraction of sp³-hybridized carbons (Fsp3) is 0.125. The van der Waals surface area contributed by atoms with Gasteiger partial charge in [-0.25, -0.2) is 4.39 Å². The molecule has 1 aromatic heterocycles. The number of carbonyl (C=O) groups excluding carboxylic acids is 1. The van der Waals surface area contributed by atoms with Crippen LogP contribution in [0.4, 0.5) is 4.39 Å². The number of amides is 1. The Kier molecular flexibility index (Phi) is 4.28. The first kappa shape index (κ1) is 17.5. The topological polar surface area (TPSA) is 54.1 Å². The third-order valence-corrected chi connectivity index (χ3v) is 5.26. The van der Waals surface area contributed by atoms with Gasteiger partial charge >= 0.3 is 0 Å². The summed E-state index contributed by atoms with van der Waals surface area (Å²) >= 11 is 0. The largest absolute Gasteiger partial charge is 0.489 e. The van der Waals surface area contributed by atoms with E-state index in [1.54, 1.807) is 0 Å². The van der Waals surface area contributed by atoms with E-state index in [1.165, 1.54) is 12.1 Å². The van der Waals surface area contributed by atoms with Gasteiger partial charge in [0.05, 0.1) is 5.56 Å². The van der Waals surface area contributed by atoms with Crippen LogP contribution in [0.2, 0.25) is 0 Å². The number of aromatic amines is 1. The molecule has 0 saturated carbocycles. The molecule has 1 aliphatic heterocycles. The maximum absolute atomic E-state index is 14.0. The molecule has 29 heavy (non-hydrogen) atoms. The molecule has 0 spiro atoms. The molecule has 5 rings (SSSR count). The molecule has 0 atom stereocenters. The molecule has 2 heterocycles. The Morgan fingerprint density at radius 2 is 1.79 bits per heavy atom. The van der Waals surface area contributed by atoms with Gasteiger partial charge in [0.1, 0.15) is 18.2 Å². The van der Waals surface area contributed by atoms with Crippen LogP contribution >= 0.6 is 0 Å². The lowest BCUT2D eigenvalue weighted by molar-refractivity contribution is 0.0957. The molecule has 0 radical (unpaired) electrons. The van der Waals surface area contributed by atoms with E-state index in [1.807, 2.05) is 54.6 Å². The average molecular weight is 386 g/mol. The maximum atomic E-state index is 14.0. The lowest BCUT2D eigenvalue weighted by Crippen LogP contribution is -2.23. The van der Waals surface area contributed by atoms with E-state index in [0.717, 1.165) is 33.5 Å². The van der Waals surface area contributed by atoms with E-state index < -0.39 is 5.82 Å². The van der Waals surface area contributed by atoms with Crippen LogP contribution in [0.5, 0.6) is 5.75 Å². The Morgan fingerprint density at radius 3 is 2.59 bits per heavy atom. The van der Waals surface area contributed by atoms with Gasteiger partial charge in [-0.2, -0.15) is 0 Å². The van der Waals surface area contributed by atoms with Gasteiger partial charge in [0.15, 0.2) is 0 Å². The zero-order valence-electron chi connectivity index (χ0n) is 15.7. The molecule has 0 fully saturated rings. The Labute approximate surface area is 167 Å². The van der Waals surface area contributed by atoms with Crippen molar-refractivity contribution < 1.29 is 13.9 Å². The number of rotatable bonds is 4. The first-order valence-electron chi connectivity index (χ1n) is 9.58. The van der Waals surface area contributed by atoms with Crippen LogP contribution in [-0.4, -0.2) is 17.4 Å². The third-order valence-electron chi connectivity index (χ3n) is 5.26. The van der Waals surface area contributed by atoms with Crippen LogP contribution in [0.25, 0.3) is 22.2 Å². The van der Waals surface area contributed by atoms with Crippen molar-refractivity contribution in [2.24, 2.45) is 0 Å². The fourth-order valence-corrected chi connectivity index (χ4v) is 3.90. The number of H-pyrrole nitrogens is 1. The van der Waals surface area contributed by atoms with Gasteiger partial charge in [0.25, 0.3) is 5.91 Å². The highest BCUT2D eigenvalue weighted by molar-refractivity contribution is 6.10. The monoisotopic (exact) mass is 386 g/mol. The minimum atomic E-state index is -0.423. The van der Waals surface area contributed by atoms with Crippen LogP contribution in [-0.2, 0) is 13.0 Å². The van der Waals surface area contributed by atoms with E-state index in [9.17, 15) is 9.18 Å². The van der Waals surface area contributed by atoms with Crippen molar-refractivity contribution in [3.8, 4) is 17.0 Å².